The highest BCUT2D eigenvalue weighted by molar-refractivity contribution is 5.86. The Morgan fingerprint density at radius 3 is 2.32 bits per heavy atom. The number of hydrogen-bond donors (Lipinski definition) is 2. The molecule has 1 heterocycles. The van der Waals surface area contributed by atoms with E-state index in [1.54, 1.807) is 12.4 Å². The van der Waals surface area contributed by atoms with Crippen molar-refractivity contribution in [3.05, 3.63) is 42.2 Å². The molecule has 2 bridgehead atoms. The quantitative estimate of drug-likeness (QED) is 0.835. The zero-order valence-corrected chi connectivity index (χ0v) is 12.5. The highest BCUT2D eigenvalue weighted by Gasteiger charge is 2.48. The number of carbonyl (C=O) groups excluding carboxylic acids is 1. The number of nitrogens with one attached hydrogen (secondary N) is 1. The number of rotatable bonds is 4. The maximum Gasteiger partial charge on any atom is 0.307 e. The van der Waals surface area contributed by atoms with Gasteiger partial charge in [0.25, 0.3) is 0 Å². The van der Waals surface area contributed by atoms with Gasteiger partial charge in [0.05, 0.1) is 17.9 Å². The fourth-order valence-corrected chi connectivity index (χ4v) is 3.73. The summed E-state index contributed by atoms with van der Waals surface area (Å²) in [6.07, 6.45) is 9.12. The third-order valence-corrected chi connectivity index (χ3v) is 4.90. The zero-order chi connectivity index (χ0) is 15.7. The molecule has 5 atom stereocenters. The normalized spacial score (nSPS) is 30.8. The Hall–Kier alpha value is -2.17. The van der Waals surface area contributed by atoms with Gasteiger partial charge >= 0.3 is 5.97 Å². The largest absolute Gasteiger partial charge is 0.481 e. The Morgan fingerprint density at radius 2 is 1.77 bits per heavy atom. The minimum absolute atomic E-state index is 0.0190. The average molecular weight is 300 g/mol. The predicted octanol–water partition coefficient (Wildman–Crippen LogP) is 2.17. The maximum atomic E-state index is 12.7. The van der Waals surface area contributed by atoms with E-state index in [1.165, 1.54) is 0 Å². The number of fused-ring (bicyclic) bond motifs is 2. The number of nitrogens with zero attached hydrogens (tertiary/aromatic N) is 1. The van der Waals surface area contributed by atoms with Crippen LogP contribution < -0.4 is 5.32 Å². The minimum atomic E-state index is -0.865. The van der Waals surface area contributed by atoms with Gasteiger partial charge in [0.15, 0.2) is 0 Å². The third kappa shape index (κ3) is 2.63. The first-order valence-corrected chi connectivity index (χ1v) is 7.69. The van der Waals surface area contributed by atoms with E-state index in [0.717, 1.165) is 18.4 Å². The van der Waals surface area contributed by atoms with Crippen LogP contribution in [-0.2, 0) is 9.59 Å². The van der Waals surface area contributed by atoms with Crippen LogP contribution in [0.5, 0.6) is 0 Å². The summed E-state index contributed by atoms with van der Waals surface area (Å²) < 4.78 is 0. The number of hydrogen-bond acceptors (Lipinski definition) is 3. The molecule has 0 radical (unpaired) electrons. The molecule has 5 heteroatoms. The van der Waals surface area contributed by atoms with Crippen LogP contribution in [0.4, 0.5) is 0 Å². The van der Waals surface area contributed by atoms with Crippen LogP contribution in [0, 0.1) is 23.7 Å². The number of carboxylic acids is 1. The average Bonchev–Trinajstić information content (AvgIpc) is 2.55. The number of aliphatic carboxylic acids is 1. The standard InChI is InChI=1S/C17H20N2O3/c1-10(11-6-8-18-9-7-11)19-16(20)14-12-2-4-13(5-3-12)15(14)17(21)22/h2,4,6-10,12-15H,3,5H2,1H3,(H,19,20)(H,21,22)/t10-,12-,13+,14+,15+/m1/s1. The summed E-state index contributed by atoms with van der Waals surface area (Å²) in [5.41, 5.74) is 0.965. The van der Waals surface area contributed by atoms with Gasteiger partial charge in [-0.05, 0) is 49.3 Å². The van der Waals surface area contributed by atoms with Crippen molar-refractivity contribution in [2.75, 3.05) is 0 Å². The number of carboxylic acid groups (broad SMARTS) is 1. The molecule has 0 spiro atoms. The van der Waals surface area contributed by atoms with Crippen LogP contribution in [0.15, 0.2) is 36.7 Å². The maximum absolute atomic E-state index is 12.7. The van der Waals surface area contributed by atoms with Crippen LogP contribution in [0.1, 0.15) is 31.4 Å². The fraction of sp³-hybridized carbons (Fsp3) is 0.471. The number of amides is 1. The van der Waals surface area contributed by atoms with Crippen LogP contribution in [0.3, 0.4) is 0 Å². The van der Waals surface area contributed by atoms with Crippen LogP contribution in [0.2, 0.25) is 0 Å². The summed E-state index contributed by atoms with van der Waals surface area (Å²) in [4.78, 5) is 28.2. The highest BCUT2D eigenvalue weighted by atomic mass is 16.4. The lowest BCUT2D eigenvalue weighted by Gasteiger charge is -2.42. The van der Waals surface area contributed by atoms with E-state index in [2.05, 4.69) is 10.3 Å². The van der Waals surface area contributed by atoms with E-state index in [1.807, 2.05) is 31.2 Å². The van der Waals surface area contributed by atoms with Crippen molar-refractivity contribution >= 4 is 11.9 Å². The third-order valence-electron chi connectivity index (χ3n) is 4.90. The summed E-state index contributed by atoms with van der Waals surface area (Å²) in [7, 11) is 0. The summed E-state index contributed by atoms with van der Waals surface area (Å²) in [6, 6.07) is 3.55. The molecular formula is C17H20N2O3. The molecule has 2 N–H and O–H groups in total. The Labute approximate surface area is 129 Å². The van der Waals surface area contributed by atoms with Gasteiger partial charge in [-0.3, -0.25) is 14.6 Å². The molecule has 22 heavy (non-hydrogen) atoms. The molecule has 3 aliphatic carbocycles. The molecule has 116 valence electrons. The molecule has 3 aliphatic rings. The van der Waals surface area contributed by atoms with Crippen LogP contribution in [-0.4, -0.2) is 22.0 Å². The number of allylic oxidation sites excluding steroid dienone is 2. The van der Waals surface area contributed by atoms with Crippen molar-refractivity contribution in [2.24, 2.45) is 23.7 Å². The molecule has 1 fully saturated rings. The minimum Gasteiger partial charge on any atom is -0.481 e. The fourth-order valence-electron chi connectivity index (χ4n) is 3.73. The van der Waals surface area contributed by atoms with Crippen molar-refractivity contribution in [3.63, 3.8) is 0 Å². The molecule has 5 nitrogen and oxygen atoms in total. The van der Waals surface area contributed by atoms with Gasteiger partial charge in [0.2, 0.25) is 5.91 Å². The first-order chi connectivity index (χ1) is 10.6. The molecule has 1 saturated carbocycles. The smallest absolute Gasteiger partial charge is 0.307 e. The van der Waals surface area contributed by atoms with Crippen LogP contribution in [0.25, 0.3) is 0 Å². The predicted molar refractivity (Wildman–Crippen MR) is 80.8 cm³/mol. The molecule has 0 aromatic carbocycles. The van der Waals surface area contributed by atoms with Crippen molar-refractivity contribution < 1.29 is 14.7 Å². The summed E-state index contributed by atoms with van der Waals surface area (Å²) in [6.45, 7) is 1.90. The lowest BCUT2D eigenvalue weighted by molar-refractivity contribution is -0.153. The second-order valence-corrected chi connectivity index (χ2v) is 6.19. The molecule has 0 saturated heterocycles. The number of carbonyl (C=O) groups is 2. The molecule has 0 aliphatic heterocycles. The van der Waals surface area contributed by atoms with E-state index in [-0.39, 0.29) is 23.8 Å². The summed E-state index contributed by atoms with van der Waals surface area (Å²) in [5.74, 6) is -2.07. The first-order valence-electron chi connectivity index (χ1n) is 7.69. The van der Waals surface area contributed by atoms with Crippen molar-refractivity contribution in [1.82, 2.24) is 10.3 Å². The second kappa shape index (κ2) is 5.91. The lowest BCUT2D eigenvalue weighted by atomic mass is 9.62. The first kappa shape index (κ1) is 14.8. The van der Waals surface area contributed by atoms with E-state index in [9.17, 15) is 14.7 Å². The summed E-state index contributed by atoms with van der Waals surface area (Å²) >= 11 is 0. The molecular weight excluding hydrogens is 280 g/mol. The van der Waals surface area contributed by atoms with Gasteiger partial charge in [-0.1, -0.05) is 12.2 Å². The van der Waals surface area contributed by atoms with Gasteiger partial charge in [-0.25, -0.2) is 0 Å². The van der Waals surface area contributed by atoms with Crippen LogP contribution >= 0.6 is 0 Å². The van der Waals surface area contributed by atoms with E-state index >= 15 is 0 Å². The SMILES string of the molecule is C[C@@H](NC(=O)[C@@H]1[C@@H](C(=O)O)[C@H]2C=C[C@@H]1CC2)c1ccncc1. The van der Waals surface area contributed by atoms with Gasteiger partial charge in [-0.2, -0.15) is 0 Å². The second-order valence-electron chi connectivity index (χ2n) is 6.19. The Kier molecular flexibility index (Phi) is 3.96. The lowest BCUT2D eigenvalue weighted by Crippen LogP contribution is -2.49. The Bertz CT molecular complexity index is 599. The Balaban J connectivity index is 1.76. The van der Waals surface area contributed by atoms with Gasteiger partial charge < -0.3 is 10.4 Å². The number of aromatic nitrogens is 1. The van der Waals surface area contributed by atoms with E-state index < -0.39 is 17.8 Å². The molecule has 0 unspecified atom stereocenters. The summed E-state index contributed by atoms with van der Waals surface area (Å²) in [5, 5.41) is 12.5. The highest BCUT2D eigenvalue weighted by Crippen LogP contribution is 2.45. The van der Waals surface area contributed by atoms with Gasteiger partial charge in [0.1, 0.15) is 0 Å². The van der Waals surface area contributed by atoms with Crippen molar-refractivity contribution in [3.8, 4) is 0 Å². The van der Waals surface area contributed by atoms with Gasteiger partial charge in [-0.15, -0.1) is 0 Å². The van der Waals surface area contributed by atoms with E-state index in [4.69, 9.17) is 0 Å². The molecule has 4 rings (SSSR count). The Morgan fingerprint density at radius 1 is 1.18 bits per heavy atom. The van der Waals surface area contributed by atoms with Crippen molar-refractivity contribution in [2.45, 2.75) is 25.8 Å². The van der Waals surface area contributed by atoms with Crippen molar-refractivity contribution in [1.29, 1.82) is 0 Å². The molecule has 1 amide bonds. The topological polar surface area (TPSA) is 79.3 Å². The molecule has 1 aromatic heterocycles. The van der Waals surface area contributed by atoms with Gasteiger partial charge in [0, 0.05) is 12.4 Å². The monoisotopic (exact) mass is 300 g/mol. The van der Waals surface area contributed by atoms with E-state index in [0.29, 0.717) is 0 Å². The zero-order valence-electron chi connectivity index (χ0n) is 12.5. The molecule has 1 aromatic rings. The number of pyridine rings is 1.